The van der Waals surface area contributed by atoms with E-state index in [1.54, 1.807) is 0 Å². The second-order valence-electron chi connectivity index (χ2n) is 5.13. The van der Waals surface area contributed by atoms with Crippen LogP contribution in [0.5, 0.6) is 0 Å². The number of nitrogens with zero attached hydrogens (tertiary/aromatic N) is 2. The Labute approximate surface area is 107 Å². The monoisotopic (exact) mass is 242 g/mol. The summed E-state index contributed by atoms with van der Waals surface area (Å²) in [6.45, 7) is 2.15. The average Bonchev–Trinajstić information content (AvgIpc) is 3.17. The molecule has 2 heterocycles. The lowest BCUT2D eigenvalue weighted by Gasteiger charge is -2.00. The van der Waals surface area contributed by atoms with Crippen LogP contribution in [0.2, 0.25) is 0 Å². The van der Waals surface area contributed by atoms with E-state index in [4.69, 9.17) is 0 Å². The number of imidazole rings is 1. The minimum Gasteiger partial charge on any atom is -0.297 e. The number of carbonyl (C=O) groups excluding carboxylic acids is 1. The average molecular weight is 242 g/mol. The van der Waals surface area contributed by atoms with Gasteiger partial charge in [-0.1, -0.05) is 13.3 Å². The van der Waals surface area contributed by atoms with E-state index in [9.17, 15) is 4.79 Å². The van der Waals surface area contributed by atoms with Crippen molar-refractivity contribution >= 4 is 11.9 Å². The van der Waals surface area contributed by atoms with Crippen molar-refractivity contribution in [1.29, 1.82) is 0 Å². The van der Waals surface area contributed by atoms with Gasteiger partial charge in [-0.3, -0.25) is 9.20 Å². The third kappa shape index (κ3) is 1.94. The van der Waals surface area contributed by atoms with Crippen LogP contribution in [0.25, 0.3) is 5.65 Å². The van der Waals surface area contributed by atoms with Gasteiger partial charge in [-0.05, 0) is 49.3 Å². The van der Waals surface area contributed by atoms with Gasteiger partial charge >= 0.3 is 0 Å². The van der Waals surface area contributed by atoms with E-state index < -0.39 is 0 Å². The van der Waals surface area contributed by atoms with Crippen LogP contribution in [0, 0.1) is 0 Å². The van der Waals surface area contributed by atoms with Crippen LogP contribution in [0.3, 0.4) is 0 Å². The molecule has 94 valence electrons. The molecule has 0 bridgehead atoms. The number of fused-ring (bicyclic) bond motifs is 1. The van der Waals surface area contributed by atoms with Crippen molar-refractivity contribution in [3.63, 3.8) is 0 Å². The Morgan fingerprint density at radius 3 is 3.00 bits per heavy atom. The molecule has 1 aliphatic rings. The number of aromatic nitrogens is 2. The van der Waals surface area contributed by atoms with Crippen molar-refractivity contribution in [2.75, 3.05) is 0 Å². The molecule has 0 radical (unpaired) electrons. The van der Waals surface area contributed by atoms with Gasteiger partial charge in [0.15, 0.2) is 6.29 Å². The highest BCUT2D eigenvalue weighted by molar-refractivity contribution is 5.76. The highest BCUT2D eigenvalue weighted by Crippen LogP contribution is 2.40. The second-order valence-corrected chi connectivity index (χ2v) is 5.13. The Morgan fingerprint density at radius 2 is 2.33 bits per heavy atom. The van der Waals surface area contributed by atoms with E-state index in [-0.39, 0.29) is 0 Å². The molecular formula is C15H18N2O. The molecule has 0 spiro atoms. The van der Waals surface area contributed by atoms with E-state index >= 15 is 0 Å². The lowest BCUT2D eigenvalue weighted by Crippen LogP contribution is -1.95. The predicted molar refractivity (Wildman–Crippen MR) is 71.2 cm³/mol. The molecule has 0 amide bonds. The van der Waals surface area contributed by atoms with Gasteiger partial charge in [0, 0.05) is 6.20 Å². The summed E-state index contributed by atoms with van der Waals surface area (Å²) < 4.78 is 1.92. The summed E-state index contributed by atoms with van der Waals surface area (Å²) in [5.41, 5.74) is 3.96. The van der Waals surface area contributed by atoms with Crippen LogP contribution >= 0.6 is 0 Å². The molecular weight excluding hydrogens is 224 g/mol. The SMILES string of the molecule is CCCCc1nc2cc(C3CC3)ccn2c1C=O. The molecule has 0 saturated heterocycles. The molecule has 0 N–H and O–H groups in total. The van der Waals surface area contributed by atoms with Crippen molar-refractivity contribution in [3.8, 4) is 0 Å². The number of pyridine rings is 1. The first kappa shape index (κ1) is 11.5. The first-order valence-electron chi connectivity index (χ1n) is 6.79. The number of hydrogen-bond acceptors (Lipinski definition) is 2. The Morgan fingerprint density at radius 1 is 1.50 bits per heavy atom. The summed E-state index contributed by atoms with van der Waals surface area (Å²) in [6.07, 6.45) is 8.61. The minimum atomic E-state index is 0.723. The quantitative estimate of drug-likeness (QED) is 0.753. The largest absolute Gasteiger partial charge is 0.297 e. The fraction of sp³-hybridized carbons (Fsp3) is 0.467. The molecule has 2 aromatic rings. The summed E-state index contributed by atoms with van der Waals surface area (Å²) in [6, 6.07) is 4.27. The molecule has 0 aromatic carbocycles. The summed E-state index contributed by atoms with van der Waals surface area (Å²) in [5, 5.41) is 0. The van der Waals surface area contributed by atoms with E-state index in [2.05, 4.69) is 24.0 Å². The number of carbonyl (C=O) groups is 1. The van der Waals surface area contributed by atoms with Crippen LogP contribution in [0.1, 0.15) is 60.3 Å². The molecule has 3 nitrogen and oxygen atoms in total. The van der Waals surface area contributed by atoms with E-state index in [0.29, 0.717) is 0 Å². The van der Waals surface area contributed by atoms with Gasteiger partial charge in [-0.25, -0.2) is 4.98 Å². The Kier molecular flexibility index (Phi) is 2.90. The highest BCUT2D eigenvalue weighted by atomic mass is 16.1. The van der Waals surface area contributed by atoms with E-state index in [1.807, 2.05) is 10.6 Å². The summed E-state index contributed by atoms with van der Waals surface area (Å²) in [5.74, 6) is 0.727. The molecule has 1 fully saturated rings. The maximum absolute atomic E-state index is 11.2. The minimum absolute atomic E-state index is 0.723. The Bertz CT molecular complexity index is 581. The van der Waals surface area contributed by atoms with Crippen LogP contribution < -0.4 is 0 Å². The maximum Gasteiger partial charge on any atom is 0.168 e. The molecule has 0 atom stereocenters. The number of aryl methyl sites for hydroxylation is 1. The maximum atomic E-state index is 11.2. The zero-order valence-corrected chi connectivity index (χ0v) is 10.7. The first-order chi connectivity index (χ1) is 8.83. The van der Waals surface area contributed by atoms with E-state index in [1.165, 1.54) is 18.4 Å². The number of unbranched alkanes of at least 4 members (excludes halogenated alkanes) is 1. The van der Waals surface area contributed by atoms with Gasteiger partial charge in [0.25, 0.3) is 0 Å². The van der Waals surface area contributed by atoms with Crippen LogP contribution in [0.4, 0.5) is 0 Å². The Hall–Kier alpha value is -1.64. The van der Waals surface area contributed by atoms with Gasteiger partial charge < -0.3 is 0 Å². The van der Waals surface area contributed by atoms with Crippen molar-refractivity contribution in [2.24, 2.45) is 0 Å². The van der Waals surface area contributed by atoms with Gasteiger partial charge in [0.1, 0.15) is 11.3 Å². The first-order valence-corrected chi connectivity index (χ1v) is 6.79. The van der Waals surface area contributed by atoms with Crippen LogP contribution in [-0.4, -0.2) is 15.7 Å². The summed E-state index contributed by atoms with van der Waals surface area (Å²) >= 11 is 0. The van der Waals surface area contributed by atoms with Gasteiger partial charge in [0.05, 0.1) is 5.69 Å². The van der Waals surface area contributed by atoms with Crippen LogP contribution in [0.15, 0.2) is 18.3 Å². The molecule has 0 aliphatic heterocycles. The standard InChI is InChI=1S/C15H18N2O/c1-2-3-4-13-14(10-18)17-8-7-12(11-5-6-11)9-15(17)16-13/h7-11H,2-6H2,1H3. The summed E-state index contributed by atoms with van der Waals surface area (Å²) in [7, 11) is 0. The number of aldehydes is 1. The van der Waals surface area contributed by atoms with Crippen molar-refractivity contribution < 1.29 is 4.79 Å². The van der Waals surface area contributed by atoms with Gasteiger partial charge in [0.2, 0.25) is 0 Å². The molecule has 0 unspecified atom stereocenters. The smallest absolute Gasteiger partial charge is 0.168 e. The fourth-order valence-corrected chi connectivity index (χ4v) is 2.45. The number of rotatable bonds is 5. The molecule has 18 heavy (non-hydrogen) atoms. The van der Waals surface area contributed by atoms with Gasteiger partial charge in [-0.2, -0.15) is 0 Å². The third-order valence-corrected chi connectivity index (χ3v) is 3.69. The van der Waals surface area contributed by atoms with E-state index in [0.717, 1.165) is 48.5 Å². The normalized spacial score (nSPS) is 15.2. The predicted octanol–water partition coefficient (Wildman–Crippen LogP) is 3.37. The second kappa shape index (κ2) is 4.56. The zero-order valence-electron chi connectivity index (χ0n) is 10.7. The topological polar surface area (TPSA) is 34.4 Å². The lowest BCUT2D eigenvalue weighted by molar-refractivity contribution is 0.111. The van der Waals surface area contributed by atoms with Crippen molar-refractivity contribution in [1.82, 2.24) is 9.38 Å². The molecule has 2 aromatic heterocycles. The lowest BCUT2D eigenvalue weighted by atomic mass is 10.2. The molecule has 3 rings (SSSR count). The zero-order chi connectivity index (χ0) is 12.5. The summed E-state index contributed by atoms with van der Waals surface area (Å²) in [4.78, 5) is 15.9. The molecule has 3 heteroatoms. The highest BCUT2D eigenvalue weighted by Gasteiger charge is 2.24. The van der Waals surface area contributed by atoms with Crippen molar-refractivity contribution in [2.45, 2.75) is 44.9 Å². The molecule has 1 aliphatic carbocycles. The van der Waals surface area contributed by atoms with Gasteiger partial charge in [-0.15, -0.1) is 0 Å². The number of hydrogen-bond donors (Lipinski definition) is 0. The third-order valence-electron chi connectivity index (χ3n) is 3.69. The Balaban J connectivity index is 2.04. The molecule has 1 saturated carbocycles. The van der Waals surface area contributed by atoms with Crippen LogP contribution in [-0.2, 0) is 6.42 Å². The van der Waals surface area contributed by atoms with Crippen molar-refractivity contribution in [3.05, 3.63) is 35.3 Å². The fourth-order valence-electron chi connectivity index (χ4n) is 2.45.